The number of aromatic nitrogens is 1. The Hall–Kier alpha value is -5.37. The number of carbonyl (C=O) groups is 4. The molecule has 5 rings (SSSR count). The fourth-order valence-corrected chi connectivity index (χ4v) is 6.18. The molecule has 3 N–H and O–H groups in total. The quantitative estimate of drug-likeness (QED) is 0.160. The summed E-state index contributed by atoms with van der Waals surface area (Å²) < 4.78 is 46.8. The maximum absolute atomic E-state index is 15.4. The number of pyridine rings is 1. The molecule has 0 fully saturated rings. The molecule has 0 spiro atoms. The van der Waals surface area contributed by atoms with Crippen LogP contribution >= 0.6 is 11.3 Å². The van der Waals surface area contributed by atoms with Crippen molar-refractivity contribution in [2.24, 2.45) is 0 Å². The van der Waals surface area contributed by atoms with Crippen molar-refractivity contribution in [3.8, 4) is 27.3 Å². The van der Waals surface area contributed by atoms with E-state index < -0.39 is 46.8 Å². The predicted octanol–water partition coefficient (Wildman–Crippen LogP) is 6.89. The zero-order valence-corrected chi connectivity index (χ0v) is 28.9. The van der Waals surface area contributed by atoms with Crippen molar-refractivity contribution in [3.63, 3.8) is 0 Å². The molecule has 50 heavy (non-hydrogen) atoms. The molecule has 4 aromatic rings. The van der Waals surface area contributed by atoms with Gasteiger partial charge in [-0.25, -0.2) is 23.4 Å². The van der Waals surface area contributed by atoms with E-state index in [2.05, 4.69) is 20.9 Å². The monoisotopic (exact) mass is 706 g/mol. The van der Waals surface area contributed by atoms with Crippen LogP contribution in [0.4, 0.5) is 19.3 Å². The first kappa shape index (κ1) is 35.9. The van der Waals surface area contributed by atoms with Gasteiger partial charge in [0, 0.05) is 58.3 Å². The Kier molecular flexibility index (Phi) is 10.8. The third kappa shape index (κ3) is 8.08. The third-order valence-corrected chi connectivity index (χ3v) is 8.51. The molecule has 262 valence electrons. The van der Waals surface area contributed by atoms with Gasteiger partial charge in [-0.2, -0.15) is 0 Å². The van der Waals surface area contributed by atoms with Crippen LogP contribution in [0.5, 0.6) is 5.75 Å². The van der Waals surface area contributed by atoms with E-state index in [1.54, 1.807) is 32.9 Å². The number of hydrogen-bond donors (Lipinski definition) is 3. The van der Waals surface area contributed by atoms with Gasteiger partial charge in [0.2, 0.25) is 0 Å². The van der Waals surface area contributed by atoms with Gasteiger partial charge in [-0.1, -0.05) is 6.92 Å². The van der Waals surface area contributed by atoms with Gasteiger partial charge in [-0.15, -0.1) is 11.3 Å². The molecule has 3 amide bonds. The minimum atomic E-state index is -0.958. The summed E-state index contributed by atoms with van der Waals surface area (Å²) in [6.07, 6.45) is 0.489. The first-order valence-electron chi connectivity index (χ1n) is 15.8. The summed E-state index contributed by atoms with van der Waals surface area (Å²) in [4.78, 5) is 57.0. The number of fused-ring (bicyclic) bond motifs is 3. The lowest BCUT2D eigenvalue weighted by Crippen LogP contribution is -2.32. The molecule has 0 radical (unpaired) electrons. The number of hydrogen-bond acceptors (Lipinski definition) is 9. The Morgan fingerprint density at radius 1 is 0.960 bits per heavy atom. The Morgan fingerprint density at radius 2 is 1.74 bits per heavy atom. The van der Waals surface area contributed by atoms with E-state index in [4.69, 9.17) is 14.2 Å². The summed E-state index contributed by atoms with van der Waals surface area (Å²) in [7, 11) is 1.16. The number of methoxy groups -OCH3 is 1. The van der Waals surface area contributed by atoms with Crippen LogP contribution < -0.4 is 20.7 Å². The second-order valence-electron chi connectivity index (χ2n) is 12.3. The van der Waals surface area contributed by atoms with Crippen molar-refractivity contribution in [1.29, 1.82) is 0 Å². The number of thiophene rings is 1. The number of nitrogens with zero attached hydrogens (tertiary/aromatic N) is 1. The predicted molar refractivity (Wildman–Crippen MR) is 184 cm³/mol. The number of anilines is 1. The fourth-order valence-electron chi connectivity index (χ4n) is 5.20. The molecule has 14 heteroatoms. The smallest absolute Gasteiger partial charge is 0.407 e. The van der Waals surface area contributed by atoms with E-state index in [1.807, 2.05) is 18.4 Å². The molecule has 0 aliphatic carbocycles. The third-order valence-electron chi connectivity index (χ3n) is 7.52. The zero-order chi connectivity index (χ0) is 36.2. The molecule has 2 aromatic heterocycles. The molecule has 11 nitrogen and oxygen atoms in total. The molecule has 0 bridgehead atoms. The van der Waals surface area contributed by atoms with Gasteiger partial charge in [0.15, 0.2) is 5.69 Å². The highest BCUT2D eigenvalue weighted by molar-refractivity contribution is 7.13. The van der Waals surface area contributed by atoms with Crippen LogP contribution in [0.3, 0.4) is 0 Å². The molecule has 0 saturated heterocycles. The summed E-state index contributed by atoms with van der Waals surface area (Å²) in [6.45, 7) is 7.27. The maximum Gasteiger partial charge on any atom is 0.407 e. The number of rotatable bonds is 9. The van der Waals surface area contributed by atoms with Crippen molar-refractivity contribution in [1.82, 2.24) is 15.6 Å². The Morgan fingerprint density at radius 3 is 2.46 bits per heavy atom. The highest BCUT2D eigenvalue weighted by atomic mass is 32.1. The molecule has 1 aliphatic heterocycles. The first-order chi connectivity index (χ1) is 23.8. The molecular weight excluding hydrogens is 670 g/mol. The molecule has 0 saturated carbocycles. The van der Waals surface area contributed by atoms with Crippen LogP contribution in [0.25, 0.3) is 21.6 Å². The number of carbonyl (C=O) groups excluding carboxylic acids is 4. The average Bonchev–Trinajstić information content (AvgIpc) is 3.47. The first-order valence-corrected chi connectivity index (χ1v) is 16.7. The van der Waals surface area contributed by atoms with E-state index >= 15 is 8.78 Å². The largest absolute Gasteiger partial charge is 0.493 e. The van der Waals surface area contributed by atoms with Crippen molar-refractivity contribution in [2.45, 2.75) is 52.7 Å². The standard InChI is InChI=1S/C36H36F2N4O7S/c1-6-11-39-33(44)27-8-7-21(30(41-27)34(45)47-5)22-16-29-24(31-19(9-12-48-29)10-13-50-31)15-23(22)32(43)42-28-17-25(37)20(14-26(28)38)18-40-35(46)49-36(2,3)4/h7-8,10,13-17H,6,9,11-12,18H2,1-5H3,(H,39,44)(H,40,46)(H,42,43). The van der Waals surface area contributed by atoms with Crippen LogP contribution in [-0.2, 0) is 22.4 Å². The minimum Gasteiger partial charge on any atom is -0.493 e. The van der Waals surface area contributed by atoms with Crippen molar-refractivity contribution >= 4 is 40.9 Å². The van der Waals surface area contributed by atoms with Crippen LogP contribution in [0.1, 0.15) is 76.6 Å². The normalized spacial score (nSPS) is 12.1. The summed E-state index contributed by atoms with van der Waals surface area (Å²) in [5.74, 6) is -3.61. The summed E-state index contributed by atoms with van der Waals surface area (Å²) >= 11 is 1.46. The summed E-state index contributed by atoms with van der Waals surface area (Å²) in [6, 6.07) is 9.68. The second-order valence-corrected chi connectivity index (χ2v) is 13.3. The minimum absolute atomic E-state index is 0.0146. The van der Waals surface area contributed by atoms with Crippen LogP contribution in [0.2, 0.25) is 0 Å². The van der Waals surface area contributed by atoms with Crippen molar-refractivity contribution < 1.29 is 42.2 Å². The molecule has 1 aliphatic rings. The van der Waals surface area contributed by atoms with E-state index in [-0.39, 0.29) is 40.2 Å². The van der Waals surface area contributed by atoms with Crippen molar-refractivity contribution in [2.75, 3.05) is 25.6 Å². The van der Waals surface area contributed by atoms with E-state index in [9.17, 15) is 19.2 Å². The number of nitrogens with one attached hydrogen (secondary N) is 3. The molecule has 2 aromatic carbocycles. The van der Waals surface area contributed by atoms with Gasteiger partial charge >= 0.3 is 12.1 Å². The lowest BCUT2D eigenvalue weighted by atomic mass is 9.93. The SMILES string of the molecule is CCCNC(=O)c1ccc(-c2cc3c(cc2C(=O)Nc2cc(F)c(CNC(=O)OC(C)(C)C)cc2F)-c2sccc2CCO3)c(C(=O)OC)n1. The molecule has 0 atom stereocenters. The second kappa shape index (κ2) is 15.0. The van der Waals surface area contributed by atoms with Gasteiger partial charge in [0.25, 0.3) is 11.8 Å². The van der Waals surface area contributed by atoms with Gasteiger partial charge in [0.1, 0.15) is 28.7 Å². The summed E-state index contributed by atoms with van der Waals surface area (Å²) in [5.41, 5.74) is 0.215. The molecule has 3 heterocycles. The lowest BCUT2D eigenvalue weighted by molar-refractivity contribution is 0.0521. The number of benzene rings is 2. The van der Waals surface area contributed by atoms with E-state index in [0.29, 0.717) is 37.3 Å². The lowest BCUT2D eigenvalue weighted by Gasteiger charge is -2.20. The van der Waals surface area contributed by atoms with E-state index in [1.165, 1.54) is 23.5 Å². The number of amides is 3. The van der Waals surface area contributed by atoms with Gasteiger partial charge in [0.05, 0.1) is 19.4 Å². The number of alkyl carbamates (subject to hydrolysis) is 1. The topological polar surface area (TPSA) is 145 Å². The van der Waals surface area contributed by atoms with Crippen LogP contribution in [0, 0.1) is 11.6 Å². The average molecular weight is 707 g/mol. The van der Waals surface area contributed by atoms with Crippen molar-refractivity contribution in [3.05, 3.63) is 87.6 Å². The number of ether oxygens (including phenoxy) is 3. The summed E-state index contributed by atoms with van der Waals surface area (Å²) in [5, 5.41) is 9.47. The molecular formula is C36H36F2N4O7S. The highest BCUT2D eigenvalue weighted by Gasteiger charge is 2.28. The Balaban J connectivity index is 1.57. The van der Waals surface area contributed by atoms with Gasteiger partial charge in [-0.05, 0) is 74.5 Å². The highest BCUT2D eigenvalue weighted by Crippen LogP contribution is 2.43. The van der Waals surface area contributed by atoms with Gasteiger partial charge in [-0.3, -0.25) is 9.59 Å². The van der Waals surface area contributed by atoms with Gasteiger partial charge < -0.3 is 30.2 Å². The Bertz CT molecular complexity index is 1970. The van der Waals surface area contributed by atoms with E-state index in [0.717, 1.165) is 29.7 Å². The maximum atomic E-state index is 15.4. The Labute approximate surface area is 291 Å². The fraction of sp³-hybridized carbons (Fsp3) is 0.306. The number of halogens is 2. The number of esters is 1. The van der Waals surface area contributed by atoms with Crippen LogP contribution in [-0.4, -0.2) is 54.7 Å². The zero-order valence-electron chi connectivity index (χ0n) is 28.1. The van der Waals surface area contributed by atoms with Crippen LogP contribution in [0.15, 0.2) is 47.8 Å². The molecule has 0 unspecified atom stereocenters.